The maximum atomic E-state index is 13.0. The molecule has 0 aromatic heterocycles. The average molecular weight is 419 g/mol. The van der Waals surface area contributed by atoms with E-state index >= 15 is 0 Å². The Hall–Kier alpha value is -1.92. The van der Waals surface area contributed by atoms with Gasteiger partial charge >= 0.3 is 0 Å². The van der Waals surface area contributed by atoms with E-state index in [0.29, 0.717) is 16.6 Å². The third kappa shape index (κ3) is 4.19. The molecule has 1 aromatic rings. The number of likely N-dealkylation sites (tertiary alicyclic amines) is 2. The fraction of sp³-hybridized carbons (Fsp3) is 0.591. The lowest BCUT2D eigenvalue weighted by Crippen LogP contribution is -3.17. The molecule has 4 rings (SSSR count). The van der Waals surface area contributed by atoms with Crippen LogP contribution >= 0.6 is 11.6 Å². The third-order valence-corrected chi connectivity index (χ3v) is 7.05. The van der Waals surface area contributed by atoms with Gasteiger partial charge in [-0.3, -0.25) is 14.4 Å². The summed E-state index contributed by atoms with van der Waals surface area (Å²) in [5.74, 6) is 0.761. The molecule has 3 saturated heterocycles. The molecule has 3 aliphatic rings. The van der Waals surface area contributed by atoms with Crippen LogP contribution in [0.5, 0.6) is 0 Å². The van der Waals surface area contributed by atoms with Crippen LogP contribution in [0.4, 0.5) is 5.69 Å². The molecule has 3 fully saturated rings. The molecule has 0 aliphatic carbocycles. The van der Waals surface area contributed by atoms with Crippen LogP contribution in [0.15, 0.2) is 24.3 Å². The molecule has 0 spiro atoms. The Morgan fingerprint density at radius 1 is 1.03 bits per heavy atom. The molecule has 0 radical (unpaired) electrons. The van der Waals surface area contributed by atoms with Crippen molar-refractivity contribution in [2.24, 2.45) is 11.8 Å². The van der Waals surface area contributed by atoms with E-state index in [1.807, 2.05) is 4.90 Å². The summed E-state index contributed by atoms with van der Waals surface area (Å²) in [6, 6.07) is 6.46. The highest BCUT2D eigenvalue weighted by molar-refractivity contribution is 6.30. The predicted molar refractivity (Wildman–Crippen MR) is 111 cm³/mol. The molecule has 3 aliphatic heterocycles. The van der Waals surface area contributed by atoms with Gasteiger partial charge in [-0.2, -0.15) is 0 Å². The van der Waals surface area contributed by atoms with Crippen LogP contribution in [0.25, 0.3) is 0 Å². The molecule has 156 valence electrons. The summed E-state index contributed by atoms with van der Waals surface area (Å²) in [5, 5.41) is 0.574. The van der Waals surface area contributed by atoms with Gasteiger partial charge in [-0.05, 0) is 43.0 Å². The quantitative estimate of drug-likeness (QED) is 0.757. The summed E-state index contributed by atoms with van der Waals surface area (Å²) in [7, 11) is 0. The van der Waals surface area contributed by atoms with Gasteiger partial charge in [0.25, 0.3) is 5.91 Å². The Bertz CT molecular complexity index is 781. The fourth-order valence-electron chi connectivity index (χ4n) is 4.88. The second-order valence-electron chi connectivity index (χ2n) is 8.74. The second kappa shape index (κ2) is 8.44. The number of halogens is 1. The molecule has 1 aromatic carbocycles. The van der Waals surface area contributed by atoms with E-state index in [4.69, 9.17) is 11.6 Å². The first-order chi connectivity index (χ1) is 13.9. The van der Waals surface area contributed by atoms with E-state index in [0.717, 1.165) is 56.8 Å². The van der Waals surface area contributed by atoms with Crippen molar-refractivity contribution in [1.29, 1.82) is 0 Å². The first-order valence-corrected chi connectivity index (χ1v) is 11.1. The maximum absolute atomic E-state index is 13.0. The van der Waals surface area contributed by atoms with E-state index in [-0.39, 0.29) is 36.1 Å². The molecular formula is C22H29ClN3O3+. The van der Waals surface area contributed by atoms with Crippen molar-refractivity contribution >= 4 is 35.0 Å². The van der Waals surface area contributed by atoms with Gasteiger partial charge in [0.05, 0.1) is 25.2 Å². The highest BCUT2D eigenvalue weighted by atomic mass is 35.5. The van der Waals surface area contributed by atoms with Crippen molar-refractivity contribution in [1.82, 2.24) is 4.90 Å². The third-order valence-electron chi connectivity index (χ3n) is 6.80. The number of hydrogen-bond donors (Lipinski definition) is 1. The number of nitrogens with zero attached hydrogens (tertiary/aromatic N) is 2. The van der Waals surface area contributed by atoms with Crippen LogP contribution in [0.2, 0.25) is 5.02 Å². The lowest BCUT2D eigenvalue weighted by atomic mass is 9.92. The minimum absolute atomic E-state index is 0.0618. The molecule has 1 atom stereocenters. The van der Waals surface area contributed by atoms with Crippen LogP contribution < -0.4 is 9.80 Å². The minimum atomic E-state index is -0.343. The van der Waals surface area contributed by atoms with Crippen LogP contribution in [-0.2, 0) is 14.4 Å². The number of carbonyl (C=O) groups excluding carboxylic acids is 3. The Morgan fingerprint density at radius 2 is 1.66 bits per heavy atom. The normalized spacial score (nSPS) is 28.8. The standard InChI is InChI=1S/C22H28ClN3O3/c1-15-6-10-25(11-7-15)21(28)16-8-12-24(13-9-16)19-14-20(27)26(22(19)29)18-4-2-17(23)3-5-18/h2-5,15-16,19H,6-14H2,1H3/p+1/t19-/m1/s1. The SMILES string of the molecule is CC1CCN(C(=O)C2CC[NH+]([C@@H]3CC(=O)N(c4ccc(Cl)cc4)C3=O)CC2)CC1. The maximum Gasteiger partial charge on any atom is 0.292 e. The Morgan fingerprint density at radius 3 is 2.28 bits per heavy atom. The van der Waals surface area contributed by atoms with Gasteiger partial charge in [0.2, 0.25) is 11.8 Å². The predicted octanol–water partition coefficient (Wildman–Crippen LogP) is 1.53. The van der Waals surface area contributed by atoms with Crippen molar-refractivity contribution in [2.75, 3.05) is 31.1 Å². The topological polar surface area (TPSA) is 62.1 Å². The zero-order chi connectivity index (χ0) is 20.5. The summed E-state index contributed by atoms with van der Waals surface area (Å²) in [6.45, 7) is 5.52. The summed E-state index contributed by atoms with van der Waals surface area (Å²) >= 11 is 5.92. The van der Waals surface area contributed by atoms with Crippen molar-refractivity contribution < 1.29 is 19.3 Å². The van der Waals surface area contributed by atoms with Gasteiger partial charge in [0.1, 0.15) is 0 Å². The molecule has 7 heteroatoms. The highest BCUT2D eigenvalue weighted by Crippen LogP contribution is 2.25. The molecule has 6 nitrogen and oxygen atoms in total. The Balaban J connectivity index is 1.35. The molecule has 3 heterocycles. The van der Waals surface area contributed by atoms with Gasteiger partial charge in [0.15, 0.2) is 6.04 Å². The smallest absolute Gasteiger partial charge is 0.292 e. The summed E-state index contributed by atoms with van der Waals surface area (Å²) < 4.78 is 0. The number of carbonyl (C=O) groups is 3. The van der Waals surface area contributed by atoms with Gasteiger partial charge in [-0.25, -0.2) is 4.90 Å². The lowest BCUT2D eigenvalue weighted by molar-refractivity contribution is -0.920. The van der Waals surface area contributed by atoms with Gasteiger partial charge in [-0.15, -0.1) is 0 Å². The summed E-state index contributed by atoms with van der Waals surface area (Å²) in [5.41, 5.74) is 0.579. The number of benzene rings is 1. The molecule has 0 bridgehead atoms. The monoisotopic (exact) mass is 418 g/mol. The average Bonchev–Trinajstić information content (AvgIpc) is 3.03. The number of imide groups is 1. The molecule has 3 amide bonds. The largest absolute Gasteiger partial charge is 0.342 e. The first-order valence-electron chi connectivity index (χ1n) is 10.7. The van der Waals surface area contributed by atoms with Crippen LogP contribution in [-0.4, -0.2) is 54.8 Å². The summed E-state index contributed by atoms with van der Waals surface area (Å²) in [4.78, 5) is 42.8. The molecule has 1 N–H and O–H groups in total. The van der Waals surface area contributed by atoms with E-state index < -0.39 is 0 Å². The number of hydrogen-bond acceptors (Lipinski definition) is 3. The molecule has 29 heavy (non-hydrogen) atoms. The van der Waals surface area contributed by atoms with Crippen LogP contribution in [0.3, 0.4) is 0 Å². The number of nitrogens with one attached hydrogen (secondary N) is 1. The number of amides is 3. The fourth-order valence-corrected chi connectivity index (χ4v) is 5.01. The van der Waals surface area contributed by atoms with E-state index in [1.54, 1.807) is 24.3 Å². The molecule has 0 saturated carbocycles. The van der Waals surface area contributed by atoms with Crippen molar-refractivity contribution in [2.45, 2.75) is 45.1 Å². The minimum Gasteiger partial charge on any atom is -0.342 e. The van der Waals surface area contributed by atoms with Crippen molar-refractivity contribution in [3.05, 3.63) is 29.3 Å². The highest BCUT2D eigenvalue weighted by Gasteiger charge is 2.47. The Kier molecular flexibility index (Phi) is 5.93. The lowest BCUT2D eigenvalue weighted by Gasteiger charge is -2.36. The van der Waals surface area contributed by atoms with Gasteiger partial charge in [-0.1, -0.05) is 18.5 Å². The van der Waals surface area contributed by atoms with Crippen molar-refractivity contribution in [3.63, 3.8) is 0 Å². The summed E-state index contributed by atoms with van der Waals surface area (Å²) in [6.07, 6.45) is 4.00. The van der Waals surface area contributed by atoms with Gasteiger partial charge in [0, 0.05) is 36.9 Å². The number of anilines is 1. The van der Waals surface area contributed by atoms with Crippen molar-refractivity contribution in [3.8, 4) is 0 Å². The van der Waals surface area contributed by atoms with E-state index in [2.05, 4.69) is 6.92 Å². The zero-order valence-electron chi connectivity index (χ0n) is 16.9. The van der Waals surface area contributed by atoms with Crippen LogP contribution in [0.1, 0.15) is 39.0 Å². The number of piperidine rings is 2. The molecule has 0 unspecified atom stereocenters. The molecular weight excluding hydrogens is 390 g/mol. The Labute approximate surface area is 176 Å². The van der Waals surface area contributed by atoms with E-state index in [9.17, 15) is 14.4 Å². The van der Waals surface area contributed by atoms with Crippen LogP contribution in [0, 0.1) is 11.8 Å². The number of rotatable bonds is 3. The number of quaternary nitrogens is 1. The van der Waals surface area contributed by atoms with Gasteiger partial charge < -0.3 is 9.80 Å². The zero-order valence-corrected chi connectivity index (χ0v) is 17.7. The first kappa shape index (κ1) is 20.4. The van der Waals surface area contributed by atoms with E-state index in [1.165, 1.54) is 4.90 Å². The second-order valence-corrected chi connectivity index (χ2v) is 9.18.